The summed E-state index contributed by atoms with van der Waals surface area (Å²) in [7, 11) is 0. The number of hydrogen-bond donors (Lipinski definition) is 2. The molecular formula is C11H16N2. The van der Waals surface area contributed by atoms with Crippen LogP contribution in [-0.4, -0.2) is 6.54 Å². The number of nitrogen functional groups attached to an aromatic ring is 1. The summed E-state index contributed by atoms with van der Waals surface area (Å²) in [6.07, 6.45) is 0. The van der Waals surface area contributed by atoms with Gasteiger partial charge in [0.1, 0.15) is 0 Å². The molecule has 1 heterocycles. The lowest BCUT2D eigenvalue weighted by molar-refractivity contribution is 0.533. The van der Waals surface area contributed by atoms with Crippen molar-refractivity contribution in [2.75, 3.05) is 17.6 Å². The molecule has 1 aromatic carbocycles. The van der Waals surface area contributed by atoms with E-state index in [0.717, 1.165) is 17.9 Å². The minimum absolute atomic E-state index is 0.624. The average molecular weight is 176 g/mol. The van der Waals surface area contributed by atoms with E-state index in [-0.39, 0.29) is 0 Å². The lowest BCUT2D eigenvalue weighted by atomic mass is 9.90. The highest BCUT2D eigenvalue weighted by Gasteiger charge is 2.25. The summed E-state index contributed by atoms with van der Waals surface area (Å²) < 4.78 is 0. The van der Waals surface area contributed by atoms with Crippen LogP contribution in [-0.2, 0) is 0 Å². The van der Waals surface area contributed by atoms with Crippen LogP contribution < -0.4 is 11.1 Å². The van der Waals surface area contributed by atoms with Gasteiger partial charge in [0, 0.05) is 12.5 Å². The molecule has 1 aliphatic rings. The predicted octanol–water partition coefficient (Wildman–Crippen LogP) is 2.43. The van der Waals surface area contributed by atoms with Crippen LogP contribution in [0.4, 0.5) is 11.4 Å². The average Bonchev–Trinajstić information content (AvgIpc) is 2.48. The van der Waals surface area contributed by atoms with Crippen LogP contribution in [0.3, 0.4) is 0 Å². The van der Waals surface area contributed by atoms with E-state index in [2.05, 4.69) is 25.2 Å². The maximum absolute atomic E-state index is 5.87. The van der Waals surface area contributed by atoms with Crippen LogP contribution in [0.15, 0.2) is 18.2 Å². The van der Waals surface area contributed by atoms with Crippen LogP contribution in [0, 0.1) is 5.92 Å². The minimum atomic E-state index is 0.624. The van der Waals surface area contributed by atoms with E-state index in [1.807, 2.05) is 12.1 Å². The van der Waals surface area contributed by atoms with Gasteiger partial charge in [0.25, 0.3) is 0 Å². The maximum atomic E-state index is 5.87. The Labute approximate surface area is 79.1 Å². The Morgan fingerprint density at radius 3 is 2.92 bits per heavy atom. The molecule has 0 aliphatic carbocycles. The van der Waals surface area contributed by atoms with Crippen molar-refractivity contribution < 1.29 is 0 Å². The molecule has 2 heteroatoms. The quantitative estimate of drug-likeness (QED) is 0.645. The Morgan fingerprint density at radius 2 is 2.23 bits per heavy atom. The first-order valence-corrected chi connectivity index (χ1v) is 4.82. The molecule has 2 rings (SSSR count). The molecular weight excluding hydrogens is 160 g/mol. The van der Waals surface area contributed by atoms with Crippen LogP contribution in [0.25, 0.3) is 0 Å². The van der Waals surface area contributed by atoms with Crippen molar-refractivity contribution in [3.05, 3.63) is 23.8 Å². The van der Waals surface area contributed by atoms with Gasteiger partial charge in [-0.15, -0.1) is 0 Å². The molecule has 1 unspecified atom stereocenters. The third-order valence-corrected chi connectivity index (χ3v) is 2.83. The molecule has 0 fully saturated rings. The molecule has 0 saturated carbocycles. The van der Waals surface area contributed by atoms with Gasteiger partial charge in [0.2, 0.25) is 0 Å². The highest BCUT2D eigenvalue weighted by atomic mass is 14.9. The van der Waals surface area contributed by atoms with Gasteiger partial charge in [-0.3, -0.25) is 0 Å². The molecule has 1 aliphatic heterocycles. The maximum Gasteiger partial charge on any atom is 0.0610 e. The summed E-state index contributed by atoms with van der Waals surface area (Å²) in [6, 6.07) is 6.17. The fourth-order valence-corrected chi connectivity index (χ4v) is 2.02. The van der Waals surface area contributed by atoms with Crippen LogP contribution >= 0.6 is 0 Å². The zero-order valence-electron chi connectivity index (χ0n) is 8.17. The Kier molecular flexibility index (Phi) is 1.91. The van der Waals surface area contributed by atoms with Crippen molar-refractivity contribution >= 4 is 11.4 Å². The van der Waals surface area contributed by atoms with E-state index in [1.54, 1.807) is 0 Å². The van der Waals surface area contributed by atoms with Crippen molar-refractivity contribution in [2.45, 2.75) is 19.8 Å². The minimum Gasteiger partial charge on any atom is -0.397 e. The first-order valence-electron chi connectivity index (χ1n) is 4.82. The molecule has 13 heavy (non-hydrogen) atoms. The molecule has 1 atom stereocenters. The third-order valence-electron chi connectivity index (χ3n) is 2.83. The van der Waals surface area contributed by atoms with Gasteiger partial charge < -0.3 is 11.1 Å². The molecule has 0 spiro atoms. The summed E-state index contributed by atoms with van der Waals surface area (Å²) in [6.45, 7) is 5.54. The topological polar surface area (TPSA) is 38.0 Å². The fourth-order valence-electron chi connectivity index (χ4n) is 2.02. The summed E-state index contributed by atoms with van der Waals surface area (Å²) in [5, 5.41) is 3.37. The van der Waals surface area contributed by atoms with Gasteiger partial charge in [-0.1, -0.05) is 26.0 Å². The van der Waals surface area contributed by atoms with Gasteiger partial charge in [0.05, 0.1) is 11.4 Å². The largest absolute Gasteiger partial charge is 0.397 e. The lowest BCUT2D eigenvalue weighted by Crippen LogP contribution is -2.08. The smallest absolute Gasteiger partial charge is 0.0610 e. The second-order valence-electron chi connectivity index (χ2n) is 4.04. The summed E-state index contributed by atoms with van der Waals surface area (Å²) >= 11 is 0. The molecule has 0 amide bonds. The number of hydrogen-bond acceptors (Lipinski definition) is 2. The van der Waals surface area contributed by atoms with E-state index in [1.165, 1.54) is 5.56 Å². The molecule has 0 saturated heterocycles. The number of rotatable bonds is 1. The van der Waals surface area contributed by atoms with Crippen molar-refractivity contribution in [1.82, 2.24) is 0 Å². The highest BCUT2D eigenvalue weighted by Crippen LogP contribution is 2.39. The number of fused-ring (bicyclic) bond motifs is 1. The molecule has 0 bridgehead atoms. The number of nitrogens with two attached hydrogens (primary N) is 1. The van der Waals surface area contributed by atoms with Crippen molar-refractivity contribution in [1.29, 1.82) is 0 Å². The molecule has 70 valence electrons. The van der Waals surface area contributed by atoms with Crippen molar-refractivity contribution in [3.63, 3.8) is 0 Å². The number of benzene rings is 1. The normalized spacial score (nSPS) is 20.1. The summed E-state index contributed by atoms with van der Waals surface area (Å²) in [5.74, 6) is 1.30. The summed E-state index contributed by atoms with van der Waals surface area (Å²) in [5.41, 5.74) is 9.29. The van der Waals surface area contributed by atoms with Gasteiger partial charge in [-0.05, 0) is 17.5 Å². The van der Waals surface area contributed by atoms with Crippen LogP contribution in [0.2, 0.25) is 0 Å². The second-order valence-corrected chi connectivity index (χ2v) is 4.04. The van der Waals surface area contributed by atoms with Crippen LogP contribution in [0.1, 0.15) is 25.3 Å². The Hall–Kier alpha value is -1.18. The second kappa shape index (κ2) is 2.95. The lowest BCUT2D eigenvalue weighted by Gasteiger charge is -2.13. The zero-order valence-corrected chi connectivity index (χ0v) is 8.17. The number of nitrogens with one attached hydrogen (secondary N) is 1. The monoisotopic (exact) mass is 176 g/mol. The Bertz CT molecular complexity index is 318. The standard InChI is InChI=1S/C11H16N2/c1-7(2)9-6-13-11-8(9)4-3-5-10(11)12/h3-5,7,9,13H,6,12H2,1-2H3. The number of anilines is 2. The Balaban J connectivity index is 2.43. The SMILES string of the molecule is CC(C)C1CNc2c(N)cccc21. The van der Waals surface area contributed by atoms with Gasteiger partial charge in [-0.25, -0.2) is 0 Å². The highest BCUT2D eigenvalue weighted by molar-refractivity contribution is 5.73. The molecule has 2 nitrogen and oxygen atoms in total. The Morgan fingerprint density at radius 1 is 1.46 bits per heavy atom. The van der Waals surface area contributed by atoms with E-state index < -0.39 is 0 Å². The van der Waals surface area contributed by atoms with Gasteiger partial charge in [-0.2, -0.15) is 0 Å². The first kappa shape index (κ1) is 8.42. The van der Waals surface area contributed by atoms with Crippen LogP contribution in [0.5, 0.6) is 0 Å². The molecule has 1 aromatic rings. The van der Waals surface area contributed by atoms with Gasteiger partial charge >= 0.3 is 0 Å². The number of para-hydroxylation sites is 1. The van der Waals surface area contributed by atoms with Crippen molar-refractivity contribution in [2.24, 2.45) is 5.92 Å². The molecule has 0 radical (unpaired) electrons. The van der Waals surface area contributed by atoms with E-state index in [0.29, 0.717) is 11.8 Å². The first-order chi connectivity index (χ1) is 6.20. The summed E-state index contributed by atoms with van der Waals surface area (Å²) in [4.78, 5) is 0. The zero-order chi connectivity index (χ0) is 9.42. The fraction of sp³-hybridized carbons (Fsp3) is 0.455. The van der Waals surface area contributed by atoms with Gasteiger partial charge in [0.15, 0.2) is 0 Å². The van der Waals surface area contributed by atoms with E-state index in [9.17, 15) is 0 Å². The van der Waals surface area contributed by atoms with E-state index >= 15 is 0 Å². The van der Waals surface area contributed by atoms with E-state index in [4.69, 9.17) is 5.73 Å². The molecule has 0 aromatic heterocycles. The third kappa shape index (κ3) is 1.26. The molecule has 3 N–H and O–H groups in total. The van der Waals surface area contributed by atoms with Crippen molar-refractivity contribution in [3.8, 4) is 0 Å². The predicted molar refractivity (Wildman–Crippen MR) is 56.9 cm³/mol.